The summed E-state index contributed by atoms with van der Waals surface area (Å²) < 4.78 is 0. The number of aliphatic hydroxyl groups is 1. The molecule has 1 saturated heterocycles. The van der Waals surface area contributed by atoms with Gasteiger partial charge in [0.2, 0.25) is 0 Å². The molecule has 0 atom stereocenters. The first-order chi connectivity index (χ1) is 12.5. The quantitative estimate of drug-likeness (QED) is 0.754. The van der Waals surface area contributed by atoms with Crippen molar-refractivity contribution in [1.82, 2.24) is 4.90 Å². The van der Waals surface area contributed by atoms with Crippen molar-refractivity contribution < 1.29 is 9.90 Å². The van der Waals surface area contributed by atoms with Gasteiger partial charge >= 0.3 is 0 Å². The second kappa shape index (κ2) is 8.34. The first-order valence-electron chi connectivity index (χ1n) is 9.27. The molecule has 138 valence electrons. The van der Waals surface area contributed by atoms with Gasteiger partial charge in [0.15, 0.2) is 5.78 Å². The van der Waals surface area contributed by atoms with Crippen LogP contribution < -0.4 is 0 Å². The summed E-state index contributed by atoms with van der Waals surface area (Å²) in [6.45, 7) is 4.57. The zero-order valence-electron chi connectivity index (χ0n) is 15.2. The number of benzene rings is 2. The van der Waals surface area contributed by atoms with Crippen molar-refractivity contribution in [3.8, 4) is 0 Å². The summed E-state index contributed by atoms with van der Waals surface area (Å²) in [6, 6.07) is 15.3. The predicted molar refractivity (Wildman–Crippen MR) is 106 cm³/mol. The van der Waals surface area contributed by atoms with E-state index in [1.54, 1.807) is 0 Å². The average molecular weight is 372 g/mol. The van der Waals surface area contributed by atoms with Gasteiger partial charge in [0.05, 0.1) is 5.60 Å². The Hall–Kier alpha value is -1.68. The van der Waals surface area contributed by atoms with Gasteiger partial charge in [0, 0.05) is 30.1 Å². The topological polar surface area (TPSA) is 40.5 Å². The molecule has 1 N–H and O–H groups in total. The smallest absolute Gasteiger partial charge is 0.163 e. The third-order valence-electron chi connectivity index (χ3n) is 5.39. The maximum atomic E-state index is 12.4. The molecule has 1 aliphatic heterocycles. The molecule has 2 aromatic rings. The summed E-state index contributed by atoms with van der Waals surface area (Å²) >= 11 is 5.94. The van der Waals surface area contributed by atoms with E-state index >= 15 is 0 Å². The molecule has 0 unspecified atom stereocenters. The minimum atomic E-state index is -0.766. The number of hydrogen-bond donors (Lipinski definition) is 1. The number of aryl methyl sites for hydroxylation is 1. The van der Waals surface area contributed by atoms with Crippen LogP contribution in [0.3, 0.4) is 0 Å². The summed E-state index contributed by atoms with van der Waals surface area (Å²) in [7, 11) is 0. The predicted octanol–water partition coefficient (Wildman–Crippen LogP) is 4.59. The van der Waals surface area contributed by atoms with E-state index in [-0.39, 0.29) is 5.78 Å². The van der Waals surface area contributed by atoms with Crippen LogP contribution in [0.1, 0.15) is 47.2 Å². The summed E-state index contributed by atoms with van der Waals surface area (Å²) in [5.74, 6) is 0.220. The number of likely N-dealkylation sites (tertiary alicyclic amines) is 1. The summed E-state index contributed by atoms with van der Waals surface area (Å²) in [6.07, 6.45) is 2.84. The molecule has 26 heavy (non-hydrogen) atoms. The monoisotopic (exact) mass is 371 g/mol. The van der Waals surface area contributed by atoms with E-state index in [4.69, 9.17) is 11.6 Å². The highest BCUT2D eigenvalue weighted by atomic mass is 35.5. The zero-order chi connectivity index (χ0) is 18.6. The molecular formula is C22H26ClNO2. The Balaban J connectivity index is 1.46. The van der Waals surface area contributed by atoms with Crippen LogP contribution in [0.25, 0.3) is 0 Å². The summed E-state index contributed by atoms with van der Waals surface area (Å²) in [5.41, 5.74) is 2.06. The molecule has 0 bridgehead atoms. The number of hydrogen-bond acceptors (Lipinski definition) is 3. The van der Waals surface area contributed by atoms with E-state index in [9.17, 15) is 9.90 Å². The fourth-order valence-corrected chi connectivity index (χ4v) is 3.80. The lowest BCUT2D eigenvalue weighted by Gasteiger charge is -2.38. The highest BCUT2D eigenvalue weighted by Crippen LogP contribution is 2.33. The second-order valence-corrected chi connectivity index (χ2v) is 7.66. The Bertz CT molecular complexity index is 749. The normalized spacial score (nSPS) is 17.2. The number of Topliss-reactive ketones (excluding diaryl/α,β-unsaturated/α-hetero) is 1. The molecule has 0 spiro atoms. The highest BCUT2D eigenvalue weighted by Gasteiger charge is 2.33. The van der Waals surface area contributed by atoms with Gasteiger partial charge in [0.1, 0.15) is 0 Å². The molecule has 0 aliphatic carbocycles. The first kappa shape index (κ1) is 19.1. The van der Waals surface area contributed by atoms with Crippen molar-refractivity contribution in [2.24, 2.45) is 0 Å². The third kappa shape index (κ3) is 4.53. The lowest BCUT2D eigenvalue weighted by molar-refractivity contribution is -0.0260. The van der Waals surface area contributed by atoms with Crippen LogP contribution in [0.4, 0.5) is 0 Å². The van der Waals surface area contributed by atoms with Gasteiger partial charge < -0.3 is 10.0 Å². The molecule has 0 aromatic heterocycles. The molecular weight excluding hydrogens is 346 g/mol. The van der Waals surface area contributed by atoms with Crippen LogP contribution in [0.15, 0.2) is 48.5 Å². The molecule has 0 amide bonds. The van der Waals surface area contributed by atoms with Crippen LogP contribution in [0, 0.1) is 6.92 Å². The molecule has 3 nitrogen and oxygen atoms in total. The Labute approximate surface area is 160 Å². The van der Waals surface area contributed by atoms with Gasteiger partial charge in [-0.15, -0.1) is 0 Å². The Morgan fingerprint density at radius 1 is 1.12 bits per heavy atom. The molecule has 3 rings (SSSR count). The number of carbonyl (C=O) groups excluding carboxylic acids is 1. The number of carbonyl (C=O) groups is 1. The number of nitrogens with zero attached hydrogens (tertiary/aromatic N) is 1. The van der Waals surface area contributed by atoms with Crippen molar-refractivity contribution in [3.63, 3.8) is 0 Å². The fraction of sp³-hybridized carbons (Fsp3) is 0.409. The Morgan fingerprint density at radius 2 is 1.77 bits per heavy atom. The van der Waals surface area contributed by atoms with Gasteiger partial charge in [-0.05, 0) is 56.0 Å². The van der Waals surface area contributed by atoms with Gasteiger partial charge in [-0.2, -0.15) is 0 Å². The highest BCUT2D eigenvalue weighted by molar-refractivity contribution is 6.30. The van der Waals surface area contributed by atoms with Gasteiger partial charge in [-0.25, -0.2) is 0 Å². The summed E-state index contributed by atoms with van der Waals surface area (Å²) in [4.78, 5) is 14.7. The van der Waals surface area contributed by atoms with Gasteiger partial charge in [-0.3, -0.25) is 4.79 Å². The van der Waals surface area contributed by atoms with Crippen molar-refractivity contribution in [2.45, 2.75) is 38.2 Å². The van der Waals surface area contributed by atoms with E-state index in [1.807, 2.05) is 55.5 Å². The number of ketones is 1. The first-order valence-corrected chi connectivity index (χ1v) is 9.65. The van der Waals surface area contributed by atoms with Gasteiger partial charge in [-0.1, -0.05) is 48.0 Å². The number of halogens is 1. The molecule has 1 heterocycles. The summed E-state index contributed by atoms with van der Waals surface area (Å²) in [5, 5.41) is 11.6. The van der Waals surface area contributed by atoms with Crippen LogP contribution in [-0.2, 0) is 5.60 Å². The number of piperidine rings is 1. The maximum absolute atomic E-state index is 12.4. The van der Waals surface area contributed by atoms with Crippen molar-refractivity contribution in [2.75, 3.05) is 19.6 Å². The Morgan fingerprint density at radius 3 is 2.42 bits per heavy atom. The fourth-order valence-electron chi connectivity index (χ4n) is 3.68. The largest absolute Gasteiger partial charge is 0.385 e. The van der Waals surface area contributed by atoms with Crippen LogP contribution in [-0.4, -0.2) is 35.4 Å². The molecule has 0 saturated carbocycles. The van der Waals surface area contributed by atoms with E-state index in [0.29, 0.717) is 24.3 Å². The van der Waals surface area contributed by atoms with E-state index in [1.165, 1.54) is 0 Å². The molecule has 0 radical (unpaired) electrons. The van der Waals surface area contributed by atoms with Crippen LogP contribution >= 0.6 is 11.6 Å². The lowest BCUT2D eigenvalue weighted by atomic mass is 9.84. The van der Waals surface area contributed by atoms with E-state index in [0.717, 1.165) is 42.7 Å². The van der Waals surface area contributed by atoms with E-state index in [2.05, 4.69) is 4.90 Å². The molecule has 1 fully saturated rings. The molecule has 1 aliphatic rings. The Kier molecular flexibility index (Phi) is 6.13. The minimum Gasteiger partial charge on any atom is -0.385 e. The third-order valence-corrected chi connectivity index (χ3v) is 5.64. The molecule has 2 aromatic carbocycles. The van der Waals surface area contributed by atoms with Gasteiger partial charge in [0.25, 0.3) is 0 Å². The van der Waals surface area contributed by atoms with Crippen molar-refractivity contribution in [1.29, 1.82) is 0 Å². The van der Waals surface area contributed by atoms with Crippen LogP contribution in [0.2, 0.25) is 5.02 Å². The van der Waals surface area contributed by atoms with Crippen LogP contribution in [0.5, 0.6) is 0 Å². The minimum absolute atomic E-state index is 0.220. The zero-order valence-corrected chi connectivity index (χ0v) is 16.0. The maximum Gasteiger partial charge on any atom is 0.163 e. The van der Waals surface area contributed by atoms with Crippen molar-refractivity contribution in [3.05, 3.63) is 70.2 Å². The standard InChI is InChI=1S/C22H26ClNO2/c1-17-5-2-3-6-20(17)21(25)7-4-14-24-15-12-22(26,13-16-24)18-8-10-19(23)11-9-18/h2-3,5-6,8-11,26H,4,7,12-16H2,1H3. The van der Waals surface area contributed by atoms with E-state index < -0.39 is 5.60 Å². The second-order valence-electron chi connectivity index (χ2n) is 7.22. The lowest BCUT2D eigenvalue weighted by Crippen LogP contribution is -2.42. The average Bonchev–Trinajstić information content (AvgIpc) is 2.64. The van der Waals surface area contributed by atoms with Crippen molar-refractivity contribution >= 4 is 17.4 Å². The number of rotatable bonds is 6. The SMILES string of the molecule is Cc1ccccc1C(=O)CCCN1CCC(O)(c2ccc(Cl)cc2)CC1. The molecule has 4 heteroatoms.